The quantitative estimate of drug-likeness (QED) is 0.354. The number of hydrogen-bond donors (Lipinski definition) is 0. The molecule has 0 aliphatic carbocycles. The van der Waals surface area contributed by atoms with E-state index in [1.165, 1.54) is 7.05 Å². The van der Waals surface area contributed by atoms with Gasteiger partial charge in [0.2, 0.25) is 0 Å². The van der Waals surface area contributed by atoms with Crippen LogP contribution in [0.2, 0.25) is 0 Å². The second-order valence-electron chi connectivity index (χ2n) is 2.13. The summed E-state index contributed by atoms with van der Waals surface area (Å²) in [6, 6.07) is 0. The van der Waals surface area contributed by atoms with Crippen LogP contribution in [0.5, 0.6) is 0 Å². The predicted molar refractivity (Wildman–Crippen MR) is 37.2 cm³/mol. The normalized spacial score (nSPS) is 11.3. The molecule has 0 amide bonds. The topological polar surface area (TPSA) is 60.4 Å². The molecule has 0 N–H and O–H groups in total. The van der Waals surface area contributed by atoms with Crippen molar-refractivity contribution in [3.05, 3.63) is 0 Å². The van der Waals surface area contributed by atoms with E-state index < -0.39 is 10.3 Å². The van der Waals surface area contributed by atoms with Crippen molar-refractivity contribution >= 4 is 10.3 Å². The largest absolute Gasteiger partial charge is 1.00 e. The van der Waals surface area contributed by atoms with Gasteiger partial charge in [-0.2, -0.15) is 0 Å². The summed E-state index contributed by atoms with van der Waals surface area (Å²) in [5.41, 5.74) is 0. The van der Waals surface area contributed by atoms with Gasteiger partial charge in [-0.1, -0.05) is 13.3 Å². The summed E-state index contributed by atoms with van der Waals surface area (Å²) in [5.74, 6) is 0. The van der Waals surface area contributed by atoms with Gasteiger partial charge in [0.15, 0.2) is 10.3 Å². The van der Waals surface area contributed by atoms with E-state index in [2.05, 4.69) is 0 Å². The standard InChI is InChI=1S/C5H13NO3S.Na/c1-3-4-5-6(2)10(7,8)9;/h3-5H2,1-2H3,(H,7,8,9);/q;+1/p-1. The van der Waals surface area contributed by atoms with Crippen molar-refractivity contribution in [2.45, 2.75) is 19.8 Å². The van der Waals surface area contributed by atoms with Crippen LogP contribution in [-0.4, -0.2) is 30.9 Å². The summed E-state index contributed by atoms with van der Waals surface area (Å²) in [6.45, 7) is 2.26. The summed E-state index contributed by atoms with van der Waals surface area (Å²) in [5, 5.41) is 0. The third-order valence-electron chi connectivity index (χ3n) is 1.21. The fourth-order valence-electron chi connectivity index (χ4n) is 0.493. The van der Waals surface area contributed by atoms with Crippen molar-refractivity contribution in [2.75, 3.05) is 13.6 Å². The van der Waals surface area contributed by atoms with Crippen molar-refractivity contribution in [2.24, 2.45) is 0 Å². The van der Waals surface area contributed by atoms with Gasteiger partial charge in [0, 0.05) is 13.6 Å². The minimum absolute atomic E-state index is 0. The Morgan fingerprint density at radius 1 is 1.45 bits per heavy atom. The van der Waals surface area contributed by atoms with Crippen LogP contribution in [0.4, 0.5) is 0 Å². The summed E-state index contributed by atoms with van der Waals surface area (Å²) < 4.78 is 31.4. The zero-order valence-corrected chi connectivity index (χ0v) is 10.0. The Labute approximate surface area is 90.1 Å². The summed E-state index contributed by atoms with van der Waals surface area (Å²) in [6.07, 6.45) is 1.62. The first-order valence-corrected chi connectivity index (χ1v) is 4.52. The van der Waals surface area contributed by atoms with E-state index in [1.807, 2.05) is 6.92 Å². The van der Waals surface area contributed by atoms with Crippen LogP contribution in [0.1, 0.15) is 19.8 Å². The molecule has 0 aromatic carbocycles. The first kappa shape index (κ1) is 14.4. The van der Waals surface area contributed by atoms with E-state index in [9.17, 15) is 13.0 Å². The molecule has 0 bridgehead atoms. The van der Waals surface area contributed by atoms with Crippen LogP contribution in [-0.2, 0) is 10.3 Å². The maximum atomic E-state index is 10.2. The summed E-state index contributed by atoms with van der Waals surface area (Å²) >= 11 is 0. The second-order valence-corrected chi connectivity index (χ2v) is 3.61. The molecule has 0 spiro atoms. The van der Waals surface area contributed by atoms with Crippen LogP contribution >= 0.6 is 0 Å². The third kappa shape index (κ3) is 7.24. The van der Waals surface area contributed by atoms with E-state index >= 15 is 0 Å². The molecular formula is C5H12NNaO3S. The maximum Gasteiger partial charge on any atom is 1.00 e. The summed E-state index contributed by atoms with van der Waals surface area (Å²) in [4.78, 5) is 0. The van der Waals surface area contributed by atoms with Crippen molar-refractivity contribution in [3.63, 3.8) is 0 Å². The Morgan fingerprint density at radius 3 is 2.18 bits per heavy atom. The molecule has 0 aliphatic heterocycles. The number of rotatable bonds is 4. The fourth-order valence-corrected chi connectivity index (χ4v) is 0.845. The summed E-state index contributed by atoms with van der Waals surface area (Å²) in [7, 11) is -2.90. The molecule has 0 aliphatic rings. The van der Waals surface area contributed by atoms with Gasteiger partial charge < -0.3 is 4.55 Å². The third-order valence-corrected chi connectivity index (χ3v) is 2.15. The molecule has 0 saturated heterocycles. The molecule has 0 rings (SSSR count). The molecule has 11 heavy (non-hydrogen) atoms. The van der Waals surface area contributed by atoms with E-state index in [4.69, 9.17) is 0 Å². The number of nitrogens with zero attached hydrogens (tertiary/aromatic N) is 1. The smallest absolute Gasteiger partial charge is 0.735 e. The number of hydrogen-bond acceptors (Lipinski definition) is 3. The van der Waals surface area contributed by atoms with Gasteiger partial charge in [-0.05, 0) is 6.42 Å². The molecule has 0 heterocycles. The van der Waals surface area contributed by atoms with Crippen molar-refractivity contribution in [3.8, 4) is 0 Å². The fraction of sp³-hybridized carbons (Fsp3) is 1.00. The zero-order chi connectivity index (χ0) is 8.20. The van der Waals surface area contributed by atoms with Gasteiger partial charge >= 0.3 is 29.6 Å². The van der Waals surface area contributed by atoms with E-state index in [-0.39, 0.29) is 29.6 Å². The Morgan fingerprint density at radius 2 is 1.91 bits per heavy atom. The first-order valence-electron chi connectivity index (χ1n) is 3.15. The molecule has 0 aromatic heterocycles. The average molecular weight is 189 g/mol. The Bertz CT molecular complexity index is 180. The molecule has 0 saturated carbocycles. The molecule has 6 heteroatoms. The first-order chi connectivity index (χ1) is 4.48. The second kappa shape index (κ2) is 6.39. The SMILES string of the molecule is CCCCN(C)S(=O)(=O)[O-].[Na+]. The van der Waals surface area contributed by atoms with Crippen LogP contribution in [0.15, 0.2) is 0 Å². The van der Waals surface area contributed by atoms with Crippen LogP contribution in [0, 0.1) is 0 Å². The Hall–Kier alpha value is 0.870. The van der Waals surface area contributed by atoms with Crippen molar-refractivity contribution in [1.82, 2.24) is 4.31 Å². The minimum Gasteiger partial charge on any atom is -0.735 e. The van der Waals surface area contributed by atoms with E-state index in [0.717, 1.165) is 17.1 Å². The van der Waals surface area contributed by atoms with Crippen molar-refractivity contribution < 1.29 is 42.5 Å². The van der Waals surface area contributed by atoms with Crippen LogP contribution < -0.4 is 29.6 Å². The molecule has 0 unspecified atom stereocenters. The van der Waals surface area contributed by atoms with Crippen LogP contribution in [0.25, 0.3) is 0 Å². The van der Waals surface area contributed by atoms with Gasteiger partial charge in [0.05, 0.1) is 0 Å². The van der Waals surface area contributed by atoms with Crippen LogP contribution in [0.3, 0.4) is 0 Å². The molecule has 4 nitrogen and oxygen atoms in total. The molecule has 0 atom stereocenters. The monoisotopic (exact) mass is 189 g/mol. The van der Waals surface area contributed by atoms with E-state index in [1.54, 1.807) is 0 Å². The Balaban J connectivity index is 0. The number of unbranched alkanes of at least 4 members (excludes halogenated alkanes) is 1. The molecule has 0 aromatic rings. The van der Waals surface area contributed by atoms with Gasteiger partial charge in [0.25, 0.3) is 0 Å². The van der Waals surface area contributed by atoms with Gasteiger partial charge in [-0.3, -0.25) is 0 Å². The minimum atomic E-state index is -4.19. The van der Waals surface area contributed by atoms with Gasteiger partial charge in [-0.15, -0.1) is 0 Å². The van der Waals surface area contributed by atoms with Crippen molar-refractivity contribution in [1.29, 1.82) is 0 Å². The molecular weight excluding hydrogens is 177 g/mol. The van der Waals surface area contributed by atoms with Gasteiger partial charge in [-0.25, -0.2) is 12.7 Å². The average Bonchev–Trinajstić information content (AvgIpc) is 1.80. The molecule has 0 fully saturated rings. The van der Waals surface area contributed by atoms with Gasteiger partial charge in [0.1, 0.15) is 0 Å². The maximum absolute atomic E-state index is 10.2. The Kier molecular flexibility index (Phi) is 8.37. The molecule has 0 radical (unpaired) electrons. The van der Waals surface area contributed by atoms with E-state index in [0.29, 0.717) is 6.54 Å². The zero-order valence-electron chi connectivity index (χ0n) is 7.20. The predicted octanol–water partition coefficient (Wildman–Crippen LogP) is -2.82. The molecule has 62 valence electrons.